The molecule has 0 aliphatic rings. The quantitative estimate of drug-likeness (QED) is 0.852. The summed E-state index contributed by atoms with van der Waals surface area (Å²) in [7, 11) is 0. The van der Waals surface area contributed by atoms with Crippen LogP contribution >= 0.6 is 11.3 Å². The zero-order chi connectivity index (χ0) is 13.1. The van der Waals surface area contributed by atoms with Gasteiger partial charge in [0.15, 0.2) is 0 Å². The zero-order valence-corrected chi connectivity index (χ0v) is 10.6. The van der Waals surface area contributed by atoms with Gasteiger partial charge in [0, 0.05) is 23.1 Å². The molecule has 2 nitrogen and oxygen atoms in total. The highest BCUT2D eigenvalue weighted by Gasteiger charge is 2.14. The van der Waals surface area contributed by atoms with E-state index < -0.39 is 11.6 Å². The average Bonchev–Trinajstić information content (AvgIpc) is 2.69. The molecular weight excluding hydrogens is 256 g/mol. The van der Waals surface area contributed by atoms with Crippen molar-refractivity contribution < 1.29 is 13.6 Å². The van der Waals surface area contributed by atoms with Crippen LogP contribution in [-0.4, -0.2) is 10.8 Å². The molecule has 0 spiro atoms. The summed E-state index contributed by atoms with van der Waals surface area (Å²) < 4.78 is 26.7. The molecule has 0 saturated heterocycles. The van der Waals surface area contributed by atoms with Gasteiger partial charge in [-0.1, -0.05) is 6.07 Å². The number of benzene rings is 1. The van der Waals surface area contributed by atoms with Crippen LogP contribution in [0, 0.1) is 18.6 Å². The number of carbonyl (C=O) groups excluding carboxylic acids is 1. The highest BCUT2D eigenvalue weighted by atomic mass is 32.1. The fraction of sp³-hybridized carbons (Fsp3) is 0.231. The van der Waals surface area contributed by atoms with Crippen LogP contribution in [0.15, 0.2) is 23.6 Å². The molecule has 0 atom stereocenters. The number of hydrogen-bond acceptors (Lipinski definition) is 3. The Labute approximate surface area is 107 Å². The van der Waals surface area contributed by atoms with Gasteiger partial charge in [-0.3, -0.25) is 4.79 Å². The summed E-state index contributed by atoms with van der Waals surface area (Å²) in [6.07, 6.45) is -0.122. The smallest absolute Gasteiger partial charge is 0.144 e. The number of aryl methyl sites for hydroxylation is 1. The number of thiazole rings is 1. The van der Waals surface area contributed by atoms with Gasteiger partial charge in [-0.15, -0.1) is 11.3 Å². The Balaban J connectivity index is 2.08. The molecule has 2 aromatic rings. The Bertz CT molecular complexity index is 560. The molecule has 18 heavy (non-hydrogen) atoms. The van der Waals surface area contributed by atoms with Crippen molar-refractivity contribution in [3.05, 3.63) is 51.5 Å². The van der Waals surface area contributed by atoms with Crippen LogP contribution in [0.5, 0.6) is 0 Å². The number of halogens is 2. The molecule has 94 valence electrons. The van der Waals surface area contributed by atoms with Gasteiger partial charge in [0.25, 0.3) is 0 Å². The Hall–Kier alpha value is -1.62. The number of carbonyl (C=O) groups is 1. The van der Waals surface area contributed by atoms with Gasteiger partial charge in [-0.25, -0.2) is 13.8 Å². The SMILES string of the molecule is Cc1csc(CC(=O)Cc2c(F)cccc2F)n1. The minimum atomic E-state index is -0.682. The second-order valence-corrected chi connectivity index (χ2v) is 4.92. The molecule has 0 unspecified atom stereocenters. The number of Topliss-reactive ketones (excluding diaryl/α,β-unsaturated/α-hetero) is 1. The maximum atomic E-state index is 13.3. The van der Waals surface area contributed by atoms with Gasteiger partial charge in [-0.2, -0.15) is 0 Å². The molecule has 0 bridgehead atoms. The van der Waals surface area contributed by atoms with Crippen molar-refractivity contribution in [2.45, 2.75) is 19.8 Å². The lowest BCUT2D eigenvalue weighted by Gasteiger charge is -2.03. The van der Waals surface area contributed by atoms with Gasteiger partial charge in [0.1, 0.15) is 22.4 Å². The summed E-state index contributed by atoms with van der Waals surface area (Å²) in [4.78, 5) is 15.9. The van der Waals surface area contributed by atoms with Gasteiger partial charge in [0.2, 0.25) is 0 Å². The molecule has 0 saturated carbocycles. The normalized spacial score (nSPS) is 10.6. The molecule has 0 fully saturated rings. The largest absolute Gasteiger partial charge is 0.299 e. The van der Waals surface area contributed by atoms with E-state index in [1.54, 1.807) is 0 Å². The Morgan fingerprint density at radius 2 is 1.94 bits per heavy atom. The molecule has 1 aromatic heterocycles. The highest BCUT2D eigenvalue weighted by Crippen LogP contribution is 2.15. The van der Waals surface area contributed by atoms with Gasteiger partial charge < -0.3 is 0 Å². The van der Waals surface area contributed by atoms with E-state index in [-0.39, 0.29) is 24.2 Å². The predicted octanol–water partition coefficient (Wildman–Crippen LogP) is 3.08. The van der Waals surface area contributed by atoms with Crippen LogP contribution in [0.3, 0.4) is 0 Å². The molecule has 0 radical (unpaired) electrons. The zero-order valence-electron chi connectivity index (χ0n) is 9.74. The van der Waals surface area contributed by atoms with Gasteiger partial charge >= 0.3 is 0 Å². The fourth-order valence-electron chi connectivity index (χ4n) is 1.61. The lowest BCUT2D eigenvalue weighted by atomic mass is 10.1. The summed E-state index contributed by atoms with van der Waals surface area (Å²) in [5.41, 5.74) is 0.677. The van der Waals surface area contributed by atoms with Crippen molar-refractivity contribution in [1.82, 2.24) is 4.98 Å². The van der Waals surface area contributed by atoms with E-state index >= 15 is 0 Å². The molecule has 0 N–H and O–H groups in total. The minimum Gasteiger partial charge on any atom is -0.299 e. The number of nitrogens with zero attached hydrogens (tertiary/aromatic N) is 1. The maximum Gasteiger partial charge on any atom is 0.144 e. The van der Waals surface area contributed by atoms with Crippen molar-refractivity contribution in [2.24, 2.45) is 0 Å². The van der Waals surface area contributed by atoms with Crippen molar-refractivity contribution in [3.8, 4) is 0 Å². The molecule has 1 heterocycles. The van der Waals surface area contributed by atoms with E-state index in [2.05, 4.69) is 4.98 Å². The second kappa shape index (κ2) is 5.35. The lowest BCUT2D eigenvalue weighted by Crippen LogP contribution is -2.09. The van der Waals surface area contributed by atoms with E-state index in [9.17, 15) is 13.6 Å². The van der Waals surface area contributed by atoms with Crippen LogP contribution in [0.1, 0.15) is 16.3 Å². The molecule has 2 rings (SSSR count). The third-order valence-corrected chi connectivity index (χ3v) is 3.42. The van der Waals surface area contributed by atoms with E-state index in [1.807, 2.05) is 12.3 Å². The topological polar surface area (TPSA) is 30.0 Å². The van der Waals surface area contributed by atoms with E-state index in [0.29, 0.717) is 5.01 Å². The van der Waals surface area contributed by atoms with Crippen molar-refractivity contribution in [2.75, 3.05) is 0 Å². The first kappa shape index (κ1) is 12.8. The van der Waals surface area contributed by atoms with Gasteiger partial charge in [-0.05, 0) is 19.1 Å². The van der Waals surface area contributed by atoms with Crippen LogP contribution in [0.4, 0.5) is 8.78 Å². The van der Waals surface area contributed by atoms with Crippen molar-refractivity contribution in [1.29, 1.82) is 0 Å². The number of rotatable bonds is 4. The Morgan fingerprint density at radius 1 is 1.28 bits per heavy atom. The summed E-state index contributed by atoms with van der Waals surface area (Å²) in [6, 6.07) is 3.58. The van der Waals surface area contributed by atoms with E-state index in [1.165, 1.54) is 17.4 Å². The minimum absolute atomic E-state index is 0.117. The van der Waals surface area contributed by atoms with Crippen molar-refractivity contribution in [3.63, 3.8) is 0 Å². The van der Waals surface area contributed by atoms with Crippen LogP contribution in [0.2, 0.25) is 0 Å². The first-order valence-electron chi connectivity index (χ1n) is 5.42. The number of hydrogen-bond donors (Lipinski definition) is 0. The molecule has 0 aliphatic carbocycles. The first-order chi connectivity index (χ1) is 8.56. The molecule has 0 aliphatic heterocycles. The molecule has 0 amide bonds. The average molecular weight is 267 g/mol. The summed E-state index contributed by atoms with van der Waals surface area (Å²) >= 11 is 1.38. The fourth-order valence-corrected chi connectivity index (χ4v) is 2.41. The monoisotopic (exact) mass is 267 g/mol. The summed E-state index contributed by atoms with van der Waals surface area (Å²) in [5, 5.41) is 2.51. The van der Waals surface area contributed by atoms with Crippen molar-refractivity contribution >= 4 is 17.1 Å². The molecule has 5 heteroatoms. The van der Waals surface area contributed by atoms with Crippen LogP contribution in [0.25, 0.3) is 0 Å². The van der Waals surface area contributed by atoms with E-state index in [4.69, 9.17) is 0 Å². The third kappa shape index (κ3) is 2.98. The second-order valence-electron chi connectivity index (χ2n) is 3.98. The maximum absolute atomic E-state index is 13.3. The number of ketones is 1. The number of aromatic nitrogens is 1. The summed E-state index contributed by atoms with van der Waals surface area (Å²) in [6.45, 7) is 1.83. The van der Waals surface area contributed by atoms with E-state index in [0.717, 1.165) is 17.8 Å². The van der Waals surface area contributed by atoms with Crippen LogP contribution < -0.4 is 0 Å². The molecular formula is C13H11F2NOS. The third-order valence-electron chi connectivity index (χ3n) is 2.45. The van der Waals surface area contributed by atoms with Crippen LogP contribution in [-0.2, 0) is 17.6 Å². The van der Waals surface area contributed by atoms with Gasteiger partial charge in [0.05, 0.1) is 6.42 Å². The first-order valence-corrected chi connectivity index (χ1v) is 6.30. The summed E-state index contributed by atoms with van der Waals surface area (Å²) in [5.74, 6) is -1.61. The standard InChI is InChI=1S/C13H11F2NOS/c1-8-7-18-13(16-8)6-9(17)5-10-11(14)3-2-4-12(10)15/h2-4,7H,5-6H2,1H3. The lowest BCUT2D eigenvalue weighted by molar-refractivity contribution is -0.117. The molecule has 1 aromatic carbocycles. The highest BCUT2D eigenvalue weighted by molar-refractivity contribution is 7.09. The Morgan fingerprint density at radius 3 is 2.50 bits per heavy atom. The predicted molar refractivity (Wildman–Crippen MR) is 65.6 cm³/mol. The Kier molecular flexibility index (Phi) is 3.81.